The van der Waals surface area contributed by atoms with Crippen LogP contribution < -0.4 is 0 Å². The number of aromatic nitrogens is 2. The third-order valence-electron chi connectivity index (χ3n) is 1.48. The molecule has 0 radical (unpaired) electrons. The Morgan fingerprint density at radius 2 is 2.00 bits per heavy atom. The van der Waals surface area contributed by atoms with Crippen LogP contribution >= 0.6 is 45.5 Å². The highest BCUT2D eigenvalue weighted by Gasteiger charge is 2.03. The molecule has 2 rings (SSSR count). The molecule has 2 aromatic rings. The first-order valence-electron chi connectivity index (χ1n) is 3.08. The van der Waals surface area contributed by atoms with Gasteiger partial charge in [-0.15, -0.1) is 0 Å². The largest absolute Gasteiger partial charge is 0.197 e. The fourth-order valence-electron chi connectivity index (χ4n) is 0.973. The molecule has 0 aliphatic carbocycles. The highest BCUT2D eigenvalue weighted by Crippen LogP contribution is 2.20. The molecule has 0 fully saturated rings. The third-order valence-corrected chi connectivity index (χ3v) is 4.14. The number of nitrogens with zero attached hydrogens (tertiary/aromatic N) is 2. The summed E-state index contributed by atoms with van der Waals surface area (Å²) < 4.78 is 3.04. The number of fused-ring (bicyclic) bond motifs is 1. The molecule has 1 aromatic carbocycles. The van der Waals surface area contributed by atoms with Crippen molar-refractivity contribution in [1.82, 2.24) is 7.99 Å². The quantitative estimate of drug-likeness (QED) is 0.653. The van der Waals surface area contributed by atoms with E-state index in [9.17, 15) is 0 Å². The molecule has 0 N–H and O–H groups in total. The van der Waals surface area contributed by atoms with Gasteiger partial charge in [-0.05, 0) is 28.7 Å². The first-order chi connectivity index (χ1) is 5.29. The minimum atomic E-state index is 1.06. The minimum absolute atomic E-state index is 1.06. The summed E-state index contributed by atoms with van der Waals surface area (Å²) in [5, 5.41) is 5.53. The van der Waals surface area contributed by atoms with Crippen LogP contribution in [0, 0.1) is 3.70 Å². The van der Waals surface area contributed by atoms with Crippen LogP contribution in [-0.2, 0) is 0 Å². The fraction of sp³-hybridized carbons (Fsp3) is 0. The van der Waals surface area contributed by atoms with Gasteiger partial charge in [-0.25, -0.2) is 0 Å². The molecule has 56 valence electrons. The predicted molar refractivity (Wildman–Crippen MR) is 61.9 cm³/mol. The van der Waals surface area contributed by atoms with Gasteiger partial charge in [0.2, 0.25) is 0 Å². The van der Waals surface area contributed by atoms with Crippen LogP contribution in [0.5, 0.6) is 0 Å². The van der Waals surface area contributed by atoms with E-state index in [1.165, 1.54) is 9.09 Å². The molecular formula is C7H4I2N2. The van der Waals surface area contributed by atoms with Crippen LogP contribution in [-0.4, -0.2) is 7.99 Å². The molecule has 1 heterocycles. The Balaban J connectivity index is 2.92. The Hall–Kier alpha value is 0.150. The lowest BCUT2D eigenvalue weighted by Gasteiger charge is -1.85. The van der Waals surface area contributed by atoms with Crippen LogP contribution in [0.2, 0.25) is 0 Å². The van der Waals surface area contributed by atoms with Crippen molar-refractivity contribution in [1.29, 1.82) is 0 Å². The van der Waals surface area contributed by atoms with Crippen LogP contribution in [0.25, 0.3) is 10.9 Å². The van der Waals surface area contributed by atoms with Crippen LogP contribution in [0.4, 0.5) is 0 Å². The molecule has 1 aromatic heterocycles. The van der Waals surface area contributed by atoms with E-state index in [2.05, 4.69) is 56.6 Å². The van der Waals surface area contributed by atoms with E-state index in [-0.39, 0.29) is 0 Å². The zero-order valence-electron chi connectivity index (χ0n) is 5.46. The second kappa shape index (κ2) is 2.89. The lowest BCUT2D eigenvalue weighted by Crippen LogP contribution is -1.81. The number of hydrogen-bond donors (Lipinski definition) is 0. The monoisotopic (exact) mass is 370 g/mol. The molecule has 4 heteroatoms. The van der Waals surface area contributed by atoms with Gasteiger partial charge in [-0.2, -0.15) is 7.99 Å². The van der Waals surface area contributed by atoms with E-state index in [1.54, 1.807) is 0 Å². The molecule has 0 atom stereocenters. The summed E-state index contributed by atoms with van der Waals surface area (Å²) in [5.74, 6) is 0. The summed E-state index contributed by atoms with van der Waals surface area (Å²) in [6.07, 6.45) is 0. The first kappa shape index (κ1) is 7.78. The second-order valence-electron chi connectivity index (χ2n) is 2.17. The SMILES string of the molecule is Ic1c2ccccc2nn1I. The number of benzene rings is 1. The average Bonchev–Trinajstić information content (AvgIpc) is 2.30. The molecule has 0 saturated heterocycles. The maximum Gasteiger partial charge on any atom is 0.118 e. The number of rotatable bonds is 0. The van der Waals surface area contributed by atoms with E-state index in [4.69, 9.17) is 0 Å². The molecule has 0 aliphatic heterocycles. The highest BCUT2D eigenvalue weighted by molar-refractivity contribution is 14.1. The summed E-state index contributed by atoms with van der Waals surface area (Å²) in [6.45, 7) is 0. The molecule has 0 saturated carbocycles. The van der Waals surface area contributed by atoms with Crippen molar-refractivity contribution in [3.8, 4) is 0 Å². The van der Waals surface area contributed by atoms with Gasteiger partial charge in [0.25, 0.3) is 0 Å². The molecule has 0 bridgehead atoms. The molecule has 0 amide bonds. The molecule has 11 heavy (non-hydrogen) atoms. The Labute approximate surface area is 91.6 Å². The van der Waals surface area contributed by atoms with Gasteiger partial charge in [0, 0.05) is 5.39 Å². The van der Waals surface area contributed by atoms with Crippen LogP contribution in [0.3, 0.4) is 0 Å². The molecule has 0 spiro atoms. The summed E-state index contributed by atoms with van der Waals surface area (Å²) in [5.41, 5.74) is 1.06. The van der Waals surface area contributed by atoms with E-state index < -0.39 is 0 Å². The molecule has 0 unspecified atom stereocenters. The average molecular weight is 370 g/mol. The van der Waals surface area contributed by atoms with E-state index in [0.29, 0.717) is 0 Å². The van der Waals surface area contributed by atoms with Gasteiger partial charge >= 0.3 is 0 Å². The summed E-state index contributed by atoms with van der Waals surface area (Å²) in [6, 6.07) is 8.14. The standard InChI is InChI=1S/C7H4I2N2/c8-7-5-3-1-2-4-6(5)10-11(7)9/h1-4H. The van der Waals surface area contributed by atoms with E-state index in [1.807, 2.05) is 21.1 Å². The highest BCUT2D eigenvalue weighted by atomic mass is 127. The Kier molecular flexibility index (Phi) is 2.04. The van der Waals surface area contributed by atoms with E-state index in [0.717, 1.165) is 5.52 Å². The van der Waals surface area contributed by atoms with Crippen molar-refractivity contribution in [2.75, 3.05) is 0 Å². The van der Waals surface area contributed by atoms with Crippen LogP contribution in [0.15, 0.2) is 24.3 Å². The fourth-order valence-corrected chi connectivity index (χ4v) is 2.03. The van der Waals surface area contributed by atoms with E-state index >= 15 is 0 Å². The minimum Gasteiger partial charge on any atom is -0.197 e. The van der Waals surface area contributed by atoms with Crippen molar-refractivity contribution in [2.24, 2.45) is 0 Å². The lowest BCUT2D eigenvalue weighted by molar-refractivity contribution is 1.06. The molecule has 0 aliphatic rings. The van der Waals surface area contributed by atoms with Gasteiger partial charge in [0.05, 0.1) is 28.4 Å². The lowest BCUT2D eigenvalue weighted by atomic mass is 10.3. The summed E-state index contributed by atoms with van der Waals surface area (Å²) in [4.78, 5) is 0. The van der Waals surface area contributed by atoms with Gasteiger partial charge in [-0.1, -0.05) is 18.2 Å². The Morgan fingerprint density at radius 3 is 2.73 bits per heavy atom. The van der Waals surface area contributed by atoms with Crippen molar-refractivity contribution >= 4 is 56.4 Å². The first-order valence-corrected chi connectivity index (χ1v) is 5.13. The summed E-state index contributed by atoms with van der Waals surface area (Å²) >= 11 is 4.47. The normalized spacial score (nSPS) is 10.7. The Bertz CT molecular complexity index is 394. The number of halogens is 2. The number of hydrogen-bond acceptors (Lipinski definition) is 1. The van der Waals surface area contributed by atoms with Crippen molar-refractivity contribution in [2.45, 2.75) is 0 Å². The second-order valence-corrected chi connectivity index (χ2v) is 4.10. The smallest absolute Gasteiger partial charge is 0.118 e. The third kappa shape index (κ3) is 1.26. The topological polar surface area (TPSA) is 17.8 Å². The summed E-state index contributed by atoms with van der Waals surface area (Å²) in [7, 11) is 0. The van der Waals surface area contributed by atoms with Gasteiger partial charge in [0.1, 0.15) is 3.70 Å². The predicted octanol–water partition coefficient (Wildman–Crippen LogP) is 2.84. The van der Waals surface area contributed by atoms with Crippen molar-refractivity contribution < 1.29 is 0 Å². The van der Waals surface area contributed by atoms with Crippen LogP contribution in [0.1, 0.15) is 0 Å². The maximum absolute atomic E-state index is 4.31. The Morgan fingerprint density at radius 1 is 1.27 bits per heavy atom. The molecule has 2 nitrogen and oxygen atoms in total. The van der Waals surface area contributed by atoms with Crippen molar-refractivity contribution in [3.05, 3.63) is 28.0 Å². The van der Waals surface area contributed by atoms with Gasteiger partial charge < -0.3 is 0 Å². The van der Waals surface area contributed by atoms with Gasteiger partial charge in [-0.3, -0.25) is 0 Å². The van der Waals surface area contributed by atoms with Crippen molar-refractivity contribution in [3.63, 3.8) is 0 Å². The zero-order valence-corrected chi connectivity index (χ0v) is 9.77. The zero-order chi connectivity index (χ0) is 7.84. The maximum atomic E-state index is 4.31. The van der Waals surface area contributed by atoms with Gasteiger partial charge in [0.15, 0.2) is 0 Å². The molecular weight excluding hydrogens is 366 g/mol.